The van der Waals surface area contributed by atoms with E-state index in [9.17, 15) is 0 Å². The summed E-state index contributed by atoms with van der Waals surface area (Å²) in [5, 5.41) is 12.5. The van der Waals surface area contributed by atoms with Crippen LogP contribution in [0.25, 0.3) is 0 Å². The van der Waals surface area contributed by atoms with Crippen molar-refractivity contribution in [3.8, 4) is 6.07 Å². The fourth-order valence-corrected chi connectivity index (χ4v) is 2.40. The molecule has 1 aromatic carbocycles. The molecule has 90 valence electrons. The molecule has 2 unspecified atom stereocenters. The third-order valence-corrected chi connectivity index (χ3v) is 3.39. The molecule has 0 bridgehead atoms. The number of rotatable bonds is 3. The molecule has 0 saturated carbocycles. The van der Waals surface area contributed by atoms with Gasteiger partial charge < -0.3 is 10.2 Å². The molecule has 1 heterocycles. The molecule has 0 aromatic heterocycles. The highest BCUT2D eigenvalue weighted by Gasteiger charge is 2.21. The van der Waals surface area contributed by atoms with Crippen molar-refractivity contribution >= 4 is 0 Å². The van der Waals surface area contributed by atoms with E-state index in [0.717, 1.165) is 12.1 Å². The Hall–Kier alpha value is -1.37. The lowest BCUT2D eigenvalue weighted by Crippen LogP contribution is -2.33. The van der Waals surface area contributed by atoms with Gasteiger partial charge in [-0.1, -0.05) is 12.1 Å². The van der Waals surface area contributed by atoms with E-state index in [1.807, 2.05) is 18.2 Å². The molecule has 1 aromatic rings. The minimum absolute atomic E-state index is 0.305. The monoisotopic (exact) mass is 229 g/mol. The van der Waals surface area contributed by atoms with E-state index in [-0.39, 0.29) is 0 Å². The number of likely N-dealkylation sites (tertiary alicyclic amines) is 1. The second kappa shape index (κ2) is 5.31. The van der Waals surface area contributed by atoms with E-state index < -0.39 is 0 Å². The van der Waals surface area contributed by atoms with E-state index in [1.54, 1.807) is 0 Å². The summed E-state index contributed by atoms with van der Waals surface area (Å²) in [7, 11) is 2.16. The van der Waals surface area contributed by atoms with Gasteiger partial charge in [-0.2, -0.15) is 5.26 Å². The van der Waals surface area contributed by atoms with Crippen LogP contribution in [-0.2, 0) is 0 Å². The van der Waals surface area contributed by atoms with Crippen LogP contribution in [0.4, 0.5) is 0 Å². The molecule has 2 atom stereocenters. The fourth-order valence-electron chi connectivity index (χ4n) is 2.40. The Labute approximate surface area is 103 Å². The first kappa shape index (κ1) is 12.1. The second-order valence-corrected chi connectivity index (χ2v) is 4.87. The summed E-state index contributed by atoms with van der Waals surface area (Å²) in [6, 6.07) is 10.9. The number of nitrogens with one attached hydrogen (secondary N) is 1. The number of benzene rings is 1. The Morgan fingerprint density at radius 3 is 3.00 bits per heavy atom. The van der Waals surface area contributed by atoms with Gasteiger partial charge >= 0.3 is 0 Å². The van der Waals surface area contributed by atoms with Crippen LogP contribution >= 0.6 is 0 Å². The van der Waals surface area contributed by atoms with Crippen LogP contribution in [0.15, 0.2) is 24.3 Å². The zero-order valence-electron chi connectivity index (χ0n) is 10.5. The minimum atomic E-state index is 0.305. The largest absolute Gasteiger partial charge is 0.306 e. The first-order valence-corrected chi connectivity index (χ1v) is 6.13. The maximum atomic E-state index is 8.89. The van der Waals surface area contributed by atoms with Crippen LogP contribution < -0.4 is 5.32 Å². The predicted molar refractivity (Wildman–Crippen MR) is 68.6 cm³/mol. The maximum absolute atomic E-state index is 8.89. The van der Waals surface area contributed by atoms with Gasteiger partial charge in [-0.3, -0.25) is 0 Å². The quantitative estimate of drug-likeness (QED) is 0.860. The van der Waals surface area contributed by atoms with Crippen LogP contribution in [0.3, 0.4) is 0 Å². The summed E-state index contributed by atoms with van der Waals surface area (Å²) in [5.41, 5.74) is 1.93. The summed E-state index contributed by atoms with van der Waals surface area (Å²) in [5.74, 6) is 0. The minimum Gasteiger partial charge on any atom is -0.306 e. The van der Waals surface area contributed by atoms with Crippen LogP contribution in [0.2, 0.25) is 0 Å². The molecule has 2 rings (SSSR count). The van der Waals surface area contributed by atoms with Gasteiger partial charge in [0.2, 0.25) is 0 Å². The third-order valence-electron chi connectivity index (χ3n) is 3.39. The molecule has 1 fully saturated rings. The van der Waals surface area contributed by atoms with E-state index in [4.69, 9.17) is 5.26 Å². The average molecular weight is 229 g/mol. The van der Waals surface area contributed by atoms with Gasteiger partial charge in [0.05, 0.1) is 11.6 Å². The molecule has 0 spiro atoms. The predicted octanol–water partition coefficient (Wildman–Crippen LogP) is 1.91. The Morgan fingerprint density at radius 1 is 1.53 bits per heavy atom. The number of nitriles is 1. The first-order chi connectivity index (χ1) is 8.19. The second-order valence-electron chi connectivity index (χ2n) is 4.87. The standard InChI is InChI=1S/C14H19N3/c1-11(16-14-6-7-17(2)10-14)13-5-3-4-12(8-13)9-15/h3-5,8,11,14,16H,6-7,10H2,1-2H3. The van der Waals surface area contributed by atoms with Crippen molar-refractivity contribution < 1.29 is 0 Å². The van der Waals surface area contributed by atoms with Crippen LogP contribution in [0.1, 0.15) is 30.5 Å². The summed E-state index contributed by atoms with van der Waals surface area (Å²) < 4.78 is 0. The lowest BCUT2D eigenvalue weighted by Gasteiger charge is -2.20. The summed E-state index contributed by atoms with van der Waals surface area (Å²) in [4.78, 5) is 2.34. The van der Waals surface area contributed by atoms with Gasteiger partial charge in [0, 0.05) is 18.6 Å². The zero-order valence-corrected chi connectivity index (χ0v) is 10.5. The van der Waals surface area contributed by atoms with Gasteiger partial charge in [-0.05, 0) is 44.6 Å². The maximum Gasteiger partial charge on any atom is 0.0991 e. The first-order valence-electron chi connectivity index (χ1n) is 6.13. The smallest absolute Gasteiger partial charge is 0.0991 e. The number of hydrogen-bond donors (Lipinski definition) is 1. The topological polar surface area (TPSA) is 39.1 Å². The fraction of sp³-hybridized carbons (Fsp3) is 0.500. The van der Waals surface area contributed by atoms with Crippen LogP contribution in [0, 0.1) is 11.3 Å². The van der Waals surface area contributed by atoms with E-state index in [2.05, 4.69) is 36.3 Å². The highest BCUT2D eigenvalue weighted by atomic mass is 15.2. The molecule has 1 saturated heterocycles. The molecule has 1 aliphatic heterocycles. The normalized spacial score (nSPS) is 22.3. The third kappa shape index (κ3) is 3.06. The molecular formula is C14H19N3. The summed E-state index contributed by atoms with van der Waals surface area (Å²) in [6.45, 7) is 4.44. The van der Waals surface area contributed by atoms with E-state index in [1.165, 1.54) is 18.5 Å². The number of hydrogen-bond acceptors (Lipinski definition) is 3. The number of nitrogens with zero attached hydrogens (tertiary/aromatic N) is 2. The molecule has 17 heavy (non-hydrogen) atoms. The van der Waals surface area contributed by atoms with Gasteiger partial charge in [0.15, 0.2) is 0 Å². The van der Waals surface area contributed by atoms with Gasteiger partial charge in [0.1, 0.15) is 0 Å². The SMILES string of the molecule is CC(NC1CCN(C)C1)c1cccc(C#N)c1. The van der Waals surface area contributed by atoms with Crippen LogP contribution in [-0.4, -0.2) is 31.1 Å². The number of likely N-dealkylation sites (N-methyl/N-ethyl adjacent to an activating group) is 1. The Morgan fingerprint density at radius 2 is 2.35 bits per heavy atom. The molecule has 3 nitrogen and oxygen atoms in total. The van der Waals surface area contributed by atoms with Crippen molar-refractivity contribution in [3.63, 3.8) is 0 Å². The van der Waals surface area contributed by atoms with Gasteiger partial charge in [-0.15, -0.1) is 0 Å². The Bertz CT molecular complexity index is 422. The van der Waals surface area contributed by atoms with Crippen molar-refractivity contribution in [1.29, 1.82) is 5.26 Å². The lowest BCUT2D eigenvalue weighted by atomic mass is 10.0. The molecule has 0 aliphatic carbocycles. The Kier molecular flexibility index (Phi) is 3.78. The zero-order chi connectivity index (χ0) is 12.3. The molecule has 1 N–H and O–H groups in total. The van der Waals surface area contributed by atoms with Crippen molar-refractivity contribution in [2.45, 2.75) is 25.4 Å². The van der Waals surface area contributed by atoms with Crippen molar-refractivity contribution in [2.24, 2.45) is 0 Å². The lowest BCUT2D eigenvalue weighted by molar-refractivity contribution is 0.387. The molecule has 0 amide bonds. The molecular weight excluding hydrogens is 210 g/mol. The van der Waals surface area contributed by atoms with Crippen LogP contribution in [0.5, 0.6) is 0 Å². The highest BCUT2D eigenvalue weighted by Crippen LogP contribution is 2.17. The van der Waals surface area contributed by atoms with Crippen molar-refractivity contribution in [1.82, 2.24) is 10.2 Å². The molecule has 3 heteroatoms. The van der Waals surface area contributed by atoms with Crippen molar-refractivity contribution in [2.75, 3.05) is 20.1 Å². The highest BCUT2D eigenvalue weighted by molar-refractivity contribution is 5.34. The summed E-state index contributed by atoms with van der Waals surface area (Å²) >= 11 is 0. The van der Waals surface area contributed by atoms with E-state index >= 15 is 0 Å². The van der Waals surface area contributed by atoms with E-state index in [0.29, 0.717) is 12.1 Å². The van der Waals surface area contributed by atoms with Crippen molar-refractivity contribution in [3.05, 3.63) is 35.4 Å². The molecule has 0 radical (unpaired) electrons. The summed E-state index contributed by atoms with van der Waals surface area (Å²) in [6.07, 6.45) is 1.21. The Balaban J connectivity index is 1.99. The average Bonchev–Trinajstić information content (AvgIpc) is 2.75. The van der Waals surface area contributed by atoms with Gasteiger partial charge in [0.25, 0.3) is 0 Å². The van der Waals surface area contributed by atoms with Gasteiger partial charge in [-0.25, -0.2) is 0 Å². The molecule has 1 aliphatic rings.